The van der Waals surface area contributed by atoms with Crippen LogP contribution in [-0.2, 0) is 12.7 Å². The van der Waals surface area contributed by atoms with E-state index in [1.807, 2.05) is 11.9 Å². The third-order valence-corrected chi connectivity index (χ3v) is 3.64. The van der Waals surface area contributed by atoms with Crippen LogP contribution in [0.2, 0.25) is 0 Å². The predicted octanol–water partition coefficient (Wildman–Crippen LogP) is 2.11. The standard InChI is InChI=1S/C13H12F3N3O2S/c1-2-22-12-18-10(20)17-11(21)19(12)7-8-3-5-9(6-4-8)13(14,15)16/h3-6H,2,7H2,1H3,(H,17,20,21). The number of aromatic nitrogens is 3. The van der Waals surface area contributed by atoms with Crippen molar-refractivity contribution in [3.05, 3.63) is 56.4 Å². The first kappa shape index (κ1) is 16.3. The van der Waals surface area contributed by atoms with Crippen molar-refractivity contribution in [3.8, 4) is 0 Å². The Kier molecular flexibility index (Phi) is 4.74. The van der Waals surface area contributed by atoms with Crippen LogP contribution >= 0.6 is 11.8 Å². The van der Waals surface area contributed by atoms with Crippen LogP contribution in [0.5, 0.6) is 0 Å². The molecule has 1 N–H and O–H groups in total. The van der Waals surface area contributed by atoms with Gasteiger partial charge in [0.1, 0.15) is 0 Å². The van der Waals surface area contributed by atoms with E-state index in [0.717, 1.165) is 12.1 Å². The van der Waals surface area contributed by atoms with E-state index in [1.54, 1.807) is 0 Å². The lowest BCUT2D eigenvalue weighted by molar-refractivity contribution is -0.137. The molecule has 22 heavy (non-hydrogen) atoms. The van der Waals surface area contributed by atoms with Crippen LogP contribution in [0.4, 0.5) is 13.2 Å². The van der Waals surface area contributed by atoms with Gasteiger partial charge in [-0.1, -0.05) is 30.8 Å². The van der Waals surface area contributed by atoms with E-state index in [4.69, 9.17) is 0 Å². The van der Waals surface area contributed by atoms with Crippen molar-refractivity contribution in [1.82, 2.24) is 14.5 Å². The summed E-state index contributed by atoms with van der Waals surface area (Å²) >= 11 is 1.21. The fourth-order valence-corrected chi connectivity index (χ4v) is 2.49. The summed E-state index contributed by atoms with van der Waals surface area (Å²) < 4.78 is 38.8. The maximum absolute atomic E-state index is 12.5. The lowest BCUT2D eigenvalue weighted by Gasteiger charge is -2.11. The second-order valence-corrected chi connectivity index (χ2v) is 5.57. The zero-order valence-electron chi connectivity index (χ0n) is 11.5. The van der Waals surface area contributed by atoms with Crippen LogP contribution in [0.3, 0.4) is 0 Å². The first-order valence-corrected chi connectivity index (χ1v) is 7.30. The smallest absolute Gasteiger partial charge is 0.268 e. The van der Waals surface area contributed by atoms with Gasteiger partial charge in [0.15, 0.2) is 5.16 Å². The summed E-state index contributed by atoms with van der Waals surface area (Å²) in [5, 5.41) is 0.233. The molecule has 5 nitrogen and oxygen atoms in total. The van der Waals surface area contributed by atoms with E-state index in [9.17, 15) is 22.8 Å². The fourth-order valence-electron chi connectivity index (χ4n) is 1.78. The zero-order chi connectivity index (χ0) is 16.3. The molecule has 0 amide bonds. The quantitative estimate of drug-likeness (QED) is 0.872. The van der Waals surface area contributed by atoms with Gasteiger partial charge in [-0.2, -0.15) is 18.2 Å². The average Bonchev–Trinajstić information content (AvgIpc) is 2.42. The molecule has 0 spiro atoms. The normalized spacial score (nSPS) is 11.6. The number of halogens is 3. The first-order valence-electron chi connectivity index (χ1n) is 6.31. The van der Waals surface area contributed by atoms with Crippen molar-refractivity contribution < 1.29 is 13.2 Å². The summed E-state index contributed by atoms with van der Waals surface area (Å²) in [5.41, 5.74) is -1.64. The topological polar surface area (TPSA) is 67.8 Å². The Morgan fingerprint density at radius 3 is 2.41 bits per heavy atom. The van der Waals surface area contributed by atoms with E-state index < -0.39 is 23.1 Å². The summed E-state index contributed by atoms with van der Waals surface area (Å²) in [6.07, 6.45) is -4.40. The number of benzene rings is 1. The molecule has 0 saturated carbocycles. The number of H-pyrrole nitrogens is 1. The molecule has 0 aliphatic rings. The number of rotatable bonds is 4. The van der Waals surface area contributed by atoms with Gasteiger partial charge >= 0.3 is 17.6 Å². The molecule has 1 aromatic carbocycles. The highest BCUT2D eigenvalue weighted by atomic mass is 32.2. The van der Waals surface area contributed by atoms with Crippen molar-refractivity contribution in [3.63, 3.8) is 0 Å². The number of alkyl halides is 3. The van der Waals surface area contributed by atoms with E-state index in [2.05, 4.69) is 4.98 Å². The molecule has 118 valence electrons. The van der Waals surface area contributed by atoms with Crippen molar-refractivity contribution in [2.24, 2.45) is 0 Å². The van der Waals surface area contributed by atoms with Gasteiger partial charge in [-0.25, -0.2) is 9.59 Å². The number of hydrogen-bond donors (Lipinski definition) is 1. The molecule has 0 saturated heterocycles. The second-order valence-electron chi connectivity index (χ2n) is 4.34. The summed E-state index contributed by atoms with van der Waals surface area (Å²) in [7, 11) is 0. The van der Waals surface area contributed by atoms with Crippen LogP contribution in [0, 0.1) is 0 Å². The molecular formula is C13H12F3N3O2S. The number of nitrogens with one attached hydrogen (secondary N) is 1. The summed E-state index contributed by atoms with van der Waals surface area (Å²) in [4.78, 5) is 28.8. The SMILES string of the molecule is CCSc1nc(=O)[nH]c(=O)n1Cc1ccc(C(F)(F)F)cc1. The molecule has 1 aromatic heterocycles. The van der Waals surface area contributed by atoms with Crippen molar-refractivity contribution in [2.45, 2.75) is 24.8 Å². The maximum atomic E-state index is 12.5. The minimum atomic E-state index is -4.40. The number of thioether (sulfide) groups is 1. The van der Waals surface area contributed by atoms with E-state index in [-0.39, 0.29) is 11.7 Å². The molecule has 0 unspecified atom stereocenters. The zero-order valence-corrected chi connectivity index (χ0v) is 12.3. The Balaban J connectivity index is 2.35. The Hall–Kier alpha value is -2.03. The largest absolute Gasteiger partial charge is 0.416 e. The summed E-state index contributed by atoms with van der Waals surface area (Å²) in [5.74, 6) is 0.600. The molecule has 0 bridgehead atoms. The average molecular weight is 331 g/mol. The Morgan fingerprint density at radius 2 is 1.86 bits per heavy atom. The van der Waals surface area contributed by atoms with Crippen molar-refractivity contribution >= 4 is 11.8 Å². The van der Waals surface area contributed by atoms with E-state index in [0.29, 0.717) is 11.3 Å². The van der Waals surface area contributed by atoms with Gasteiger partial charge in [0.05, 0.1) is 12.1 Å². The molecular weight excluding hydrogens is 319 g/mol. The van der Waals surface area contributed by atoms with Gasteiger partial charge in [0, 0.05) is 0 Å². The first-order chi connectivity index (χ1) is 10.3. The van der Waals surface area contributed by atoms with Gasteiger partial charge < -0.3 is 0 Å². The van der Waals surface area contributed by atoms with Crippen LogP contribution in [0.25, 0.3) is 0 Å². The van der Waals surface area contributed by atoms with E-state index in [1.165, 1.54) is 28.5 Å². The van der Waals surface area contributed by atoms with Crippen LogP contribution in [0.15, 0.2) is 39.0 Å². The highest BCUT2D eigenvalue weighted by molar-refractivity contribution is 7.99. The fraction of sp³-hybridized carbons (Fsp3) is 0.308. The number of aromatic amines is 1. The molecule has 0 fully saturated rings. The van der Waals surface area contributed by atoms with Crippen LogP contribution < -0.4 is 11.4 Å². The van der Waals surface area contributed by atoms with Gasteiger partial charge in [0.25, 0.3) is 0 Å². The van der Waals surface area contributed by atoms with Crippen LogP contribution in [-0.4, -0.2) is 20.3 Å². The Morgan fingerprint density at radius 1 is 1.23 bits per heavy atom. The summed E-state index contributed by atoms with van der Waals surface area (Å²) in [6, 6.07) is 4.49. The van der Waals surface area contributed by atoms with Gasteiger partial charge in [-0.15, -0.1) is 0 Å². The van der Waals surface area contributed by atoms with Crippen LogP contribution in [0.1, 0.15) is 18.1 Å². The third-order valence-electron chi connectivity index (χ3n) is 2.78. The predicted molar refractivity (Wildman–Crippen MR) is 76.1 cm³/mol. The molecule has 0 aliphatic heterocycles. The molecule has 0 radical (unpaired) electrons. The Bertz CT molecular complexity index is 766. The van der Waals surface area contributed by atoms with Gasteiger partial charge in [-0.05, 0) is 23.4 Å². The maximum Gasteiger partial charge on any atom is 0.416 e. The molecule has 9 heteroatoms. The van der Waals surface area contributed by atoms with E-state index >= 15 is 0 Å². The van der Waals surface area contributed by atoms with Crippen molar-refractivity contribution in [2.75, 3.05) is 5.75 Å². The van der Waals surface area contributed by atoms with Gasteiger partial charge in [0.2, 0.25) is 0 Å². The molecule has 0 aliphatic carbocycles. The minimum Gasteiger partial charge on any atom is -0.268 e. The Labute approximate surface area is 127 Å². The lowest BCUT2D eigenvalue weighted by Crippen LogP contribution is -2.33. The van der Waals surface area contributed by atoms with Crippen molar-refractivity contribution in [1.29, 1.82) is 0 Å². The molecule has 0 atom stereocenters. The third kappa shape index (κ3) is 3.79. The van der Waals surface area contributed by atoms with Gasteiger partial charge in [-0.3, -0.25) is 9.55 Å². The number of hydrogen-bond acceptors (Lipinski definition) is 4. The summed E-state index contributed by atoms with van der Waals surface area (Å²) in [6.45, 7) is 1.86. The lowest BCUT2D eigenvalue weighted by atomic mass is 10.1. The highest BCUT2D eigenvalue weighted by Crippen LogP contribution is 2.29. The highest BCUT2D eigenvalue weighted by Gasteiger charge is 2.29. The second kappa shape index (κ2) is 6.39. The molecule has 2 rings (SSSR count). The monoisotopic (exact) mass is 331 g/mol. The number of nitrogens with zero attached hydrogens (tertiary/aromatic N) is 2. The minimum absolute atomic E-state index is 0.0308. The molecule has 2 aromatic rings. The molecule has 1 heterocycles.